The van der Waals surface area contributed by atoms with Gasteiger partial charge in [0.2, 0.25) is 17.7 Å². The molecule has 7 heteroatoms. The van der Waals surface area contributed by atoms with Gasteiger partial charge in [0.05, 0.1) is 17.9 Å². The topological polar surface area (TPSA) is 83.4 Å². The Morgan fingerprint density at radius 2 is 1.68 bits per heavy atom. The number of hydrogen-bond donors (Lipinski definition) is 0. The summed E-state index contributed by atoms with van der Waals surface area (Å²) in [6, 6.07) is 0. The van der Waals surface area contributed by atoms with Crippen molar-refractivity contribution in [1.29, 1.82) is 0 Å². The summed E-state index contributed by atoms with van der Waals surface area (Å²) in [4.78, 5) is 4.46. The fraction of sp³-hybridized carbons (Fsp3) is 0.667. The minimum absolute atomic E-state index is 0.0325. The van der Waals surface area contributed by atoms with E-state index in [1.807, 2.05) is 27.7 Å². The SMILES string of the molecule is Cc1nnc(COC(C)Cc2nc(COC(C)C)oc2C)o1. The molecule has 0 saturated heterocycles. The van der Waals surface area contributed by atoms with Crippen molar-refractivity contribution in [3.63, 3.8) is 0 Å². The van der Waals surface area contributed by atoms with Crippen LogP contribution in [-0.4, -0.2) is 27.4 Å². The van der Waals surface area contributed by atoms with Crippen molar-refractivity contribution >= 4 is 0 Å². The maximum atomic E-state index is 5.70. The Morgan fingerprint density at radius 3 is 2.32 bits per heavy atom. The van der Waals surface area contributed by atoms with E-state index in [4.69, 9.17) is 18.3 Å². The van der Waals surface area contributed by atoms with Crippen LogP contribution in [0.25, 0.3) is 0 Å². The number of hydrogen-bond acceptors (Lipinski definition) is 7. The highest BCUT2D eigenvalue weighted by Crippen LogP contribution is 2.15. The summed E-state index contributed by atoms with van der Waals surface area (Å²) in [6.45, 7) is 10.3. The smallest absolute Gasteiger partial charge is 0.242 e. The summed E-state index contributed by atoms with van der Waals surface area (Å²) in [6.07, 6.45) is 0.773. The Balaban J connectivity index is 1.84. The van der Waals surface area contributed by atoms with Crippen LogP contribution in [0.3, 0.4) is 0 Å². The van der Waals surface area contributed by atoms with Crippen molar-refractivity contribution < 1.29 is 18.3 Å². The molecule has 0 aliphatic rings. The van der Waals surface area contributed by atoms with Crippen molar-refractivity contribution in [1.82, 2.24) is 15.2 Å². The number of nitrogens with zero attached hydrogens (tertiary/aromatic N) is 3. The zero-order valence-electron chi connectivity index (χ0n) is 13.8. The van der Waals surface area contributed by atoms with Gasteiger partial charge in [-0.15, -0.1) is 10.2 Å². The normalized spacial score (nSPS) is 13.0. The standard InChI is InChI=1S/C15H23N3O4/c1-9(2)19-7-14-16-13(11(4)21-14)6-10(3)20-8-15-18-17-12(5)22-15/h9-10H,6-8H2,1-5H3. The minimum Gasteiger partial charge on any atom is -0.443 e. The third-order valence-corrected chi connectivity index (χ3v) is 3.02. The summed E-state index contributed by atoms with van der Waals surface area (Å²) >= 11 is 0. The molecular formula is C15H23N3O4. The Labute approximate surface area is 130 Å². The summed E-state index contributed by atoms with van der Waals surface area (Å²) in [5, 5.41) is 7.66. The lowest BCUT2D eigenvalue weighted by Crippen LogP contribution is -2.13. The lowest BCUT2D eigenvalue weighted by molar-refractivity contribution is 0.0393. The van der Waals surface area contributed by atoms with Crippen LogP contribution in [0.15, 0.2) is 8.83 Å². The molecule has 22 heavy (non-hydrogen) atoms. The lowest BCUT2D eigenvalue weighted by Gasteiger charge is -2.09. The molecule has 2 rings (SSSR count). The van der Waals surface area contributed by atoms with Crippen molar-refractivity contribution in [3.8, 4) is 0 Å². The second-order valence-electron chi connectivity index (χ2n) is 5.51. The molecule has 0 aliphatic carbocycles. The van der Waals surface area contributed by atoms with Gasteiger partial charge < -0.3 is 18.3 Å². The van der Waals surface area contributed by atoms with Gasteiger partial charge in [-0.3, -0.25) is 0 Å². The van der Waals surface area contributed by atoms with Crippen LogP contribution >= 0.6 is 0 Å². The first kappa shape index (κ1) is 16.6. The molecule has 122 valence electrons. The van der Waals surface area contributed by atoms with Crippen molar-refractivity contribution in [2.75, 3.05) is 0 Å². The minimum atomic E-state index is -0.0325. The van der Waals surface area contributed by atoms with Gasteiger partial charge in [-0.25, -0.2) is 4.98 Å². The van der Waals surface area contributed by atoms with Gasteiger partial charge in [-0.05, 0) is 27.7 Å². The quantitative estimate of drug-likeness (QED) is 0.741. The molecule has 0 N–H and O–H groups in total. The molecule has 7 nitrogen and oxygen atoms in total. The highest BCUT2D eigenvalue weighted by molar-refractivity contribution is 5.09. The molecule has 0 amide bonds. The third-order valence-electron chi connectivity index (χ3n) is 3.02. The molecule has 2 aromatic rings. The van der Waals surface area contributed by atoms with E-state index in [1.54, 1.807) is 6.92 Å². The van der Waals surface area contributed by atoms with E-state index in [-0.39, 0.29) is 12.2 Å². The lowest BCUT2D eigenvalue weighted by atomic mass is 10.2. The molecule has 0 saturated carbocycles. The molecule has 1 unspecified atom stereocenters. The average molecular weight is 309 g/mol. The average Bonchev–Trinajstić information content (AvgIpc) is 3.01. The first-order valence-corrected chi connectivity index (χ1v) is 7.41. The third kappa shape index (κ3) is 4.92. The van der Waals surface area contributed by atoms with Crippen LogP contribution in [0.2, 0.25) is 0 Å². The number of ether oxygens (including phenoxy) is 2. The van der Waals surface area contributed by atoms with E-state index in [0.717, 1.165) is 11.5 Å². The van der Waals surface area contributed by atoms with Gasteiger partial charge in [0, 0.05) is 13.3 Å². The van der Waals surface area contributed by atoms with Crippen LogP contribution in [0.5, 0.6) is 0 Å². The molecule has 0 spiro atoms. The number of rotatable bonds is 8. The highest BCUT2D eigenvalue weighted by atomic mass is 16.5. The Kier molecular flexibility index (Phi) is 5.68. The Hall–Kier alpha value is -1.73. The van der Waals surface area contributed by atoms with E-state index in [0.29, 0.717) is 37.3 Å². The molecule has 0 radical (unpaired) electrons. The molecule has 1 atom stereocenters. The van der Waals surface area contributed by atoms with Gasteiger partial charge in [0.25, 0.3) is 0 Å². The van der Waals surface area contributed by atoms with E-state index in [9.17, 15) is 0 Å². The predicted octanol–water partition coefficient (Wildman–Crippen LogP) is 2.75. The molecule has 2 aromatic heterocycles. The molecule has 0 aliphatic heterocycles. The molecule has 0 aromatic carbocycles. The van der Waals surface area contributed by atoms with E-state index >= 15 is 0 Å². The zero-order chi connectivity index (χ0) is 16.1. The molecule has 2 heterocycles. The monoisotopic (exact) mass is 309 g/mol. The van der Waals surface area contributed by atoms with Crippen molar-refractivity contribution in [3.05, 3.63) is 29.1 Å². The van der Waals surface area contributed by atoms with E-state index < -0.39 is 0 Å². The summed E-state index contributed by atoms with van der Waals surface area (Å²) in [7, 11) is 0. The van der Waals surface area contributed by atoms with Crippen LogP contribution in [-0.2, 0) is 29.1 Å². The van der Waals surface area contributed by atoms with Crippen molar-refractivity contribution in [2.45, 2.75) is 66.5 Å². The van der Waals surface area contributed by atoms with E-state index in [1.165, 1.54) is 0 Å². The fourth-order valence-electron chi connectivity index (χ4n) is 1.92. The van der Waals surface area contributed by atoms with Crippen LogP contribution < -0.4 is 0 Å². The first-order chi connectivity index (χ1) is 10.4. The predicted molar refractivity (Wildman–Crippen MR) is 78.2 cm³/mol. The Morgan fingerprint density at radius 1 is 0.955 bits per heavy atom. The summed E-state index contributed by atoms with van der Waals surface area (Å²) in [5.41, 5.74) is 0.886. The molecule has 0 bridgehead atoms. The van der Waals surface area contributed by atoms with E-state index in [2.05, 4.69) is 15.2 Å². The van der Waals surface area contributed by atoms with Gasteiger partial charge in [-0.1, -0.05) is 0 Å². The molecular weight excluding hydrogens is 286 g/mol. The second kappa shape index (κ2) is 7.51. The van der Waals surface area contributed by atoms with Gasteiger partial charge >= 0.3 is 0 Å². The maximum Gasteiger partial charge on any atom is 0.242 e. The number of aryl methyl sites for hydroxylation is 2. The number of oxazole rings is 1. The highest BCUT2D eigenvalue weighted by Gasteiger charge is 2.15. The summed E-state index contributed by atoms with van der Waals surface area (Å²) in [5.74, 6) is 2.41. The van der Waals surface area contributed by atoms with Crippen LogP contribution in [0.1, 0.15) is 49.9 Å². The van der Waals surface area contributed by atoms with Crippen LogP contribution in [0, 0.1) is 13.8 Å². The Bertz CT molecular complexity index is 591. The summed E-state index contributed by atoms with van der Waals surface area (Å²) < 4.78 is 22.1. The van der Waals surface area contributed by atoms with Crippen molar-refractivity contribution in [2.24, 2.45) is 0 Å². The maximum absolute atomic E-state index is 5.70. The van der Waals surface area contributed by atoms with Gasteiger partial charge in [-0.2, -0.15) is 0 Å². The fourth-order valence-corrected chi connectivity index (χ4v) is 1.92. The first-order valence-electron chi connectivity index (χ1n) is 7.41. The molecule has 0 fully saturated rings. The second-order valence-corrected chi connectivity index (χ2v) is 5.51. The van der Waals surface area contributed by atoms with Gasteiger partial charge in [0.1, 0.15) is 19.0 Å². The zero-order valence-corrected chi connectivity index (χ0v) is 13.8. The van der Waals surface area contributed by atoms with Crippen LogP contribution in [0.4, 0.5) is 0 Å². The largest absolute Gasteiger partial charge is 0.443 e. The van der Waals surface area contributed by atoms with Gasteiger partial charge in [0.15, 0.2) is 0 Å². The number of aromatic nitrogens is 3.